The molecule has 5 heteroatoms. The molecule has 1 aromatic carbocycles. The standard InChI is InChI=1S/C11H11FN2O2/c1-14-11(15)4-5-16-9-3-2-8(7-13)10(12)6-9/h2-3,6H,4-5H2,1H3,(H,14,15). The van der Waals surface area contributed by atoms with E-state index in [1.807, 2.05) is 0 Å². The fraction of sp³-hybridized carbons (Fsp3) is 0.273. The van der Waals surface area contributed by atoms with Crippen molar-refractivity contribution in [2.24, 2.45) is 0 Å². The Morgan fingerprint density at radius 3 is 2.94 bits per heavy atom. The third-order valence-electron chi connectivity index (χ3n) is 1.94. The van der Waals surface area contributed by atoms with E-state index in [-0.39, 0.29) is 24.5 Å². The molecule has 4 nitrogen and oxygen atoms in total. The van der Waals surface area contributed by atoms with Gasteiger partial charge in [0, 0.05) is 13.1 Å². The summed E-state index contributed by atoms with van der Waals surface area (Å²) in [5, 5.41) is 11.0. The Labute approximate surface area is 92.6 Å². The summed E-state index contributed by atoms with van der Waals surface area (Å²) < 4.78 is 18.3. The lowest BCUT2D eigenvalue weighted by Gasteiger charge is -2.05. The van der Waals surface area contributed by atoms with Crippen LogP contribution in [0.4, 0.5) is 4.39 Å². The van der Waals surface area contributed by atoms with Crippen LogP contribution in [0.25, 0.3) is 0 Å². The van der Waals surface area contributed by atoms with Crippen molar-refractivity contribution < 1.29 is 13.9 Å². The van der Waals surface area contributed by atoms with Crippen LogP contribution >= 0.6 is 0 Å². The molecule has 0 atom stereocenters. The molecule has 0 aliphatic heterocycles. The summed E-state index contributed by atoms with van der Waals surface area (Å²) in [7, 11) is 1.53. The molecule has 0 saturated carbocycles. The van der Waals surface area contributed by atoms with E-state index in [0.29, 0.717) is 5.75 Å². The lowest BCUT2D eigenvalue weighted by atomic mass is 10.2. The van der Waals surface area contributed by atoms with Crippen LogP contribution in [0, 0.1) is 17.1 Å². The highest BCUT2D eigenvalue weighted by Gasteiger charge is 2.04. The summed E-state index contributed by atoms with van der Waals surface area (Å²) >= 11 is 0. The van der Waals surface area contributed by atoms with Crippen molar-refractivity contribution >= 4 is 5.91 Å². The molecule has 16 heavy (non-hydrogen) atoms. The molecule has 0 heterocycles. The molecule has 1 rings (SSSR count). The van der Waals surface area contributed by atoms with Crippen LogP contribution < -0.4 is 10.1 Å². The van der Waals surface area contributed by atoms with Crippen molar-refractivity contribution in [1.82, 2.24) is 5.32 Å². The Bertz CT molecular complexity index is 426. The summed E-state index contributed by atoms with van der Waals surface area (Å²) in [6.07, 6.45) is 0.206. The van der Waals surface area contributed by atoms with Gasteiger partial charge in [0.25, 0.3) is 0 Å². The summed E-state index contributed by atoms with van der Waals surface area (Å²) in [6, 6.07) is 5.67. The van der Waals surface area contributed by atoms with E-state index in [9.17, 15) is 9.18 Å². The molecule has 84 valence electrons. The van der Waals surface area contributed by atoms with Crippen molar-refractivity contribution in [3.63, 3.8) is 0 Å². The molecule has 0 spiro atoms. The molecule has 0 fully saturated rings. The third-order valence-corrected chi connectivity index (χ3v) is 1.94. The Hall–Kier alpha value is -2.09. The highest BCUT2D eigenvalue weighted by molar-refractivity contribution is 5.75. The van der Waals surface area contributed by atoms with Crippen molar-refractivity contribution in [3.8, 4) is 11.8 Å². The van der Waals surface area contributed by atoms with Gasteiger partial charge in [0.2, 0.25) is 5.91 Å². The second kappa shape index (κ2) is 5.71. The van der Waals surface area contributed by atoms with Crippen LogP contribution in [0.15, 0.2) is 18.2 Å². The number of ether oxygens (including phenoxy) is 1. The third kappa shape index (κ3) is 3.24. The Kier molecular flexibility index (Phi) is 4.28. The summed E-state index contributed by atoms with van der Waals surface area (Å²) in [6.45, 7) is 0.172. The van der Waals surface area contributed by atoms with E-state index < -0.39 is 5.82 Å². The van der Waals surface area contributed by atoms with Crippen LogP contribution in [-0.4, -0.2) is 19.6 Å². The first-order chi connectivity index (χ1) is 7.67. The molecule has 1 amide bonds. The summed E-state index contributed by atoms with van der Waals surface area (Å²) in [5.74, 6) is -0.463. The second-order valence-electron chi connectivity index (χ2n) is 3.03. The van der Waals surface area contributed by atoms with E-state index in [0.717, 1.165) is 6.07 Å². The van der Waals surface area contributed by atoms with Crippen molar-refractivity contribution in [2.45, 2.75) is 6.42 Å². The number of nitriles is 1. The van der Waals surface area contributed by atoms with E-state index >= 15 is 0 Å². The molecule has 1 aromatic rings. The number of amides is 1. The molecule has 0 aliphatic carbocycles. The van der Waals surface area contributed by atoms with Gasteiger partial charge in [-0.1, -0.05) is 0 Å². The van der Waals surface area contributed by atoms with Gasteiger partial charge in [-0.05, 0) is 12.1 Å². The fourth-order valence-corrected chi connectivity index (χ4v) is 1.06. The highest BCUT2D eigenvalue weighted by Crippen LogP contribution is 2.15. The zero-order chi connectivity index (χ0) is 12.0. The first kappa shape index (κ1) is 12.0. The lowest BCUT2D eigenvalue weighted by Crippen LogP contribution is -2.20. The number of carbonyl (C=O) groups excluding carboxylic acids is 1. The number of benzene rings is 1. The molecule has 0 radical (unpaired) electrons. The predicted octanol–water partition coefficient (Wildman–Crippen LogP) is 1.21. The number of nitrogens with zero attached hydrogens (tertiary/aromatic N) is 1. The maximum Gasteiger partial charge on any atom is 0.223 e. The van der Waals surface area contributed by atoms with E-state index in [1.165, 1.54) is 19.2 Å². The number of rotatable bonds is 4. The Morgan fingerprint density at radius 1 is 1.62 bits per heavy atom. The molecular formula is C11H11FN2O2. The summed E-state index contributed by atoms with van der Waals surface area (Å²) in [5.41, 5.74) is -0.0290. The van der Waals surface area contributed by atoms with Crippen LogP contribution in [0.5, 0.6) is 5.75 Å². The minimum Gasteiger partial charge on any atom is -0.493 e. The molecular weight excluding hydrogens is 211 g/mol. The number of carbonyl (C=O) groups is 1. The zero-order valence-electron chi connectivity index (χ0n) is 8.79. The number of hydrogen-bond donors (Lipinski definition) is 1. The monoisotopic (exact) mass is 222 g/mol. The first-order valence-corrected chi connectivity index (χ1v) is 4.70. The zero-order valence-corrected chi connectivity index (χ0v) is 8.79. The Morgan fingerprint density at radius 2 is 2.38 bits per heavy atom. The highest BCUT2D eigenvalue weighted by atomic mass is 19.1. The molecule has 0 saturated heterocycles. The largest absolute Gasteiger partial charge is 0.493 e. The Balaban J connectivity index is 2.53. The van der Waals surface area contributed by atoms with Crippen molar-refractivity contribution in [1.29, 1.82) is 5.26 Å². The molecule has 0 bridgehead atoms. The van der Waals surface area contributed by atoms with Gasteiger partial charge >= 0.3 is 0 Å². The van der Waals surface area contributed by atoms with Gasteiger partial charge in [-0.2, -0.15) is 5.26 Å². The van der Waals surface area contributed by atoms with Gasteiger partial charge in [-0.25, -0.2) is 4.39 Å². The van der Waals surface area contributed by atoms with Crippen molar-refractivity contribution in [2.75, 3.05) is 13.7 Å². The van der Waals surface area contributed by atoms with Gasteiger partial charge in [0.1, 0.15) is 17.6 Å². The average molecular weight is 222 g/mol. The van der Waals surface area contributed by atoms with E-state index in [1.54, 1.807) is 6.07 Å². The second-order valence-corrected chi connectivity index (χ2v) is 3.03. The predicted molar refractivity (Wildman–Crippen MR) is 55.3 cm³/mol. The summed E-state index contributed by atoms with van der Waals surface area (Å²) in [4.78, 5) is 10.9. The van der Waals surface area contributed by atoms with Crippen LogP contribution in [-0.2, 0) is 4.79 Å². The van der Waals surface area contributed by atoms with Gasteiger partial charge in [0.05, 0.1) is 18.6 Å². The smallest absolute Gasteiger partial charge is 0.223 e. The minimum absolute atomic E-state index is 0.0290. The van der Waals surface area contributed by atoms with E-state index in [2.05, 4.69) is 5.32 Å². The molecule has 0 aromatic heterocycles. The van der Waals surface area contributed by atoms with Crippen LogP contribution in [0.1, 0.15) is 12.0 Å². The number of nitrogens with one attached hydrogen (secondary N) is 1. The average Bonchev–Trinajstić information content (AvgIpc) is 2.29. The van der Waals surface area contributed by atoms with Gasteiger partial charge in [-0.15, -0.1) is 0 Å². The topological polar surface area (TPSA) is 62.1 Å². The van der Waals surface area contributed by atoms with Crippen molar-refractivity contribution in [3.05, 3.63) is 29.6 Å². The lowest BCUT2D eigenvalue weighted by molar-refractivity contribution is -0.121. The molecule has 0 aliphatic rings. The van der Waals surface area contributed by atoms with E-state index in [4.69, 9.17) is 10.00 Å². The maximum absolute atomic E-state index is 13.1. The maximum atomic E-state index is 13.1. The van der Waals surface area contributed by atoms with Crippen LogP contribution in [0.3, 0.4) is 0 Å². The number of halogens is 1. The minimum atomic E-state index is -0.625. The van der Waals surface area contributed by atoms with Gasteiger partial charge in [-0.3, -0.25) is 4.79 Å². The SMILES string of the molecule is CNC(=O)CCOc1ccc(C#N)c(F)c1. The normalized spacial score (nSPS) is 9.31. The quantitative estimate of drug-likeness (QED) is 0.832. The van der Waals surface area contributed by atoms with Gasteiger partial charge < -0.3 is 10.1 Å². The number of hydrogen-bond acceptors (Lipinski definition) is 3. The van der Waals surface area contributed by atoms with Crippen LogP contribution in [0.2, 0.25) is 0 Å². The fourth-order valence-electron chi connectivity index (χ4n) is 1.06. The first-order valence-electron chi connectivity index (χ1n) is 4.70. The van der Waals surface area contributed by atoms with Gasteiger partial charge in [0.15, 0.2) is 0 Å². The molecule has 1 N–H and O–H groups in total. The molecule has 0 unspecified atom stereocenters.